The van der Waals surface area contributed by atoms with Crippen LogP contribution in [0.15, 0.2) is 41.7 Å². The summed E-state index contributed by atoms with van der Waals surface area (Å²) in [5, 5.41) is 7.77. The minimum absolute atomic E-state index is 0. The molecule has 1 N–H and O–H groups in total. The third-order valence-corrected chi connectivity index (χ3v) is 5.86. The highest BCUT2D eigenvalue weighted by molar-refractivity contribution is 14.0. The van der Waals surface area contributed by atoms with Gasteiger partial charge in [-0.1, -0.05) is 12.1 Å². The Labute approximate surface area is 183 Å². The van der Waals surface area contributed by atoms with E-state index in [1.807, 2.05) is 30.1 Å². The van der Waals surface area contributed by atoms with Crippen molar-refractivity contribution in [3.05, 3.63) is 53.6 Å². The molecule has 1 atom stereocenters. The predicted molar refractivity (Wildman–Crippen MR) is 121 cm³/mol. The fourth-order valence-corrected chi connectivity index (χ4v) is 4.02. The van der Waals surface area contributed by atoms with E-state index >= 15 is 0 Å². The molecule has 28 heavy (non-hydrogen) atoms. The van der Waals surface area contributed by atoms with Crippen molar-refractivity contribution in [1.82, 2.24) is 20.0 Å². The Morgan fingerprint density at radius 3 is 2.68 bits per heavy atom. The van der Waals surface area contributed by atoms with Crippen LogP contribution in [-0.4, -0.2) is 46.8 Å². The van der Waals surface area contributed by atoms with Crippen LogP contribution in [0, 0.1) is 5.82 Å². The van der Waals surface area contributed by atoms with Crippen LogP contribution in [0.4, 0.5) is 4.39 Å². The molecule has 0 radical (unpaired) electrons. The molecule has 2 heterocycles. The van der Waals surface area contributed by atoms with Crippen molar-refractivity contribution >= 4 is 29.9 Å². The van der Waals surface area contributed by atoms with Crippen molar-refractivity contribution in [2.24, 2.45) is 12.0 Å². The smallest absolute Gasteiger partial charge is 0.193 e. The van der Waals surface area contributed by atoms with E-state index in [-0.39, 0.29) is 35.2 Å². The van der Waals surface area contributed by atoms with Gasteiger partial charge in [0.1, 0.15) is 5.82 Å². The minimum Gasteiger partial charge on any atom is -0.357 e. The number of benzene rings is 1. The fraction of sp³-hybridized carbons (Fsp3) is 0.524. The molecule has 1 saturated carbocycles. The Bertz CT molecular complexity index is 812. The second-order valence-corrected chi connectivity index (χ2v) is 7.84. The molecule has 152 valence electrons. The van der Waals surface area contributed by atoms with Gasteiger partial charge < -0.3 is 10.2 Å². The topological polar surface area (TPSA) is 45.5 Å². The van der Waals surface area contributed by atoms with Crippen LogP contribution in [0.5, 0.6) is 0 Å². The molecule has 4 rings (SSSR count). The van der Waals surface area contributed by atoms with Crippen LogP contribution in [-0.2, 0) is 12.5 Å². The van der Waals surface area contributed by atoms with Crippen molar-refractivity contribution in [3.63, 3.8) is 0 Å². The number of halogens is 2. The average Bonchev–Trinajstić information content (AvgIpc) is 3.08. The summed E-state index contributed by atoms with van der Waals surface area (Å²) >= 11 is 0. The maximum absolute atomic E-state index is 13.2. The Balaban J connectivity index is 0.00000225. The number of aliphatic imine (C=N–C) groups is 1. The lowest BCUT2D eigenvalue weighted by molar-refractivity contribution is 0.483. The lowest BCUT2D eigenvalue weighted by atomic mass is 9.96. The van der Waals surface area contributed by atoms with E-state index in [2.05, 4.69) is 28.4 Å². The highest BCUT2D eigenvalue weighted by Crippen LogP contribution is 2.48. The largest absolute Gasteiger partial charge is 0.357 e. The molecule has 2 fully saturated rings. The molecule has 0 amide bonds. The minimum atomic E-state index is -0.176. The van der Waals surface area contributed by atoms with Crippen LogP contribution in [0.25, 0.3) is 0 Å². The van der Waals surface area contributed by atoms with E-state index in [9.17, 15) is 4.39 Å². The summed E-state index contributed by atoms with van der Waals surface area (Å²) < 4.78 is 15.1. The van der Waals surface area contributed by atoms with Gasteiger partial charge in [-0.3, -0.25) is 9.67 Å². The fourth-order valence-electron chi connectivity index (χ4n) is 4.02. The number of nitrogens with zero attached hydrogens (tertiary/aromatic N) is 4. The molecule has 0 spiro atoms. The molecule has 1 saturated heterocycles. The van der Waals surface area contributed by atoms with Crippen molar-refractivity contribution in [1.29, 1.82) is 0 Å². The first-order chi connectivity index (χ1) is 13.1. The molecule has 1 unspecified atom stereocenters. The predicted octanol–water partition coefficient (Wildman–Crippen LogP) is 3.66. The van der Waals surface area contributed by atoms with Gasteiger partial charge in [0.05, 0.1) is 12.7 Å². The van der Waals surface area contributed by atoms with Gasteiger partial charge in [-0.2, -0.15) is 5.10 Å². The van der Waals surface area contributed by atoms with Crippen molar-refractivity contribution in [3.8, 4) is 0 Å². The zero-order valence-electron chi connectivity index (χ0n) is 16.6. The van der Waals surface area contributed by atoms with Crippen LogP contribution >= 0.6 is 24.0 Å². The molecule has 0 bridgehead atoms. The molecule has 7 heteroatoms. The Hall–Kier alpha value is -1.64. The summed E-state index contributed by atoms with van der Waals surface area (Å²) in [7, 11) is 1.96. The number of nitrogens with one attached hydrogen (secondary N) is 1. The van der Waals surface area contributed by atoms with E-state index in [1.54, 1.807) is 12.1 Å². The number of hydrogen-bond donors (Lipinski definition) is 1. The molecule has 5 nitrogen and oxygen atoms in total. The summed E-state index contributed by atoms with van der Waals surface area (Å²) in [6.45, 7) is 5.71. The lowest BCUT2D eigenvalue weighted by Crippen LogP contribution is -2.40. The maximum atomic E-state index is 13.2. The molecular formula is C21H29FIN5. The maximum Gasteiger partial charge on any atom is 0.193 e. The lowest BCUT2D eigenvalue weighted by Gasteiger charge is -2.23. The van der Waals surface area contributed by atoms with E-state index in [4.69, 9.17) is 4.99 Å². The number of likely N-dealkylation sites (tertiary alicyclic amines) is 1. The van der Waals surface area contributed by atoms with Gasteiger partial charge in [0.2, 0.25) is 0 Å². The van der Waals surface area contributed by atoms with E-state index < -0.39 is 0 Å². The van der Waals surface area contributed by atoms with Crippen molar-refractivity contribution in [2.75, 3.05) is 26.2 Å². The molecular weight excluding hydrogens is 468 g/mol. The Morgan fingerprint density at radius 2 is 2.07 bits per heavy atom. The van der Waals surface area contributed by atoms with Crippen LogP contribution in [0.3, 0.4) is 0 Å². The van der Waals surface area contributed by atoms with Gasteiger partial charge in [0, 0.05) is 44.2 Å². The number of aromatic nitrogens is 2. The third-order valence-electron chi connectivity index (χ3n) is 5.86. The average molecular weight is 497 g/mol. The molecule has 1 aliphatic heterocycles. The second kappa shape index (κ2) is 8.80. The highest BCUT2D eigenvalue weighted by Gasteiger charge is 2.44. The zero-order chi connectivity index (χ0) is 18.9. The number of guanidine groups is 1. The van der Waals surface area contributed by atoms with Gasteiger partial charge in [0.15, 0.2) is 5.96 Å². The Kier molecular flexibility index (Phi) is 6.62. The summed E-state index contributed by atoms with van der Waals surface area (Å²) in [5.41, 5.74) is 2.61. The van der Waals surface area contributed by atoms with E-state index in [0.29, 0.717) is 5.92 Å². The quantitative estimate of drug-likeness (QED) is 0.390. The van der Waals surface area contributed by atoms with E-state index in [1.165, 1.54) is 11.1 Å². The standard InChI is InChI=1S/C21H28FN5.HI/c1-3-23-20(27-11-8-16(14-27)17-12-25-26(2)13-17)24-15-21(9-10-21)18-4-6-19(22)7-5-18;/h4-7,12-13,16H,3,8-11,14-15H2,1-2H3,(H,23,24);1H. The molecule has 2 aliphatic rings. The summed E-state index contributed by atoms with van der Waals surface area (Å²) in [6, 6.07) is 6.95. The first-order valence-corrected chi connectivity index (χ1v) is 9.87. The first-order valence-electron chi connectivity index (χ1n) is 9.87. The second-order valence-electron chi connectivity index (χ2n) is 7.84. The van der Waals surface area contributed by atoms with Gasteiger partial charge in [-0.15, -0.1) is 24.0 Å². The molecule has 1 aromatic carbocycles. The van der Waals surface area contributed by atoms with Crippen LogP contribution < -0.4 is 5.32 Å². The van der Waals surface area contributed by atoms with Gasteiger partial charge in [-0.25, -0.2) is 4.39 Å². The Morgan fingerprint density at radius 1 is 1.32 bits per heavy atom. The monoisotopic (exact) mass is 497 g/mol. The number of rotatable bonds is 5. The molecule has 2 aromatic rings. The number of aryl methyl sites for hydroxylation is 1. The SMILES string of the molecule is CCNC(=NCC1(c2ccc(F)cc2)CC1)N1CCC(c2cnn(C)c2)C1.I. The van der Waals surface area contributed by atoms with Gasteiger partial charge in [-0.05, 0) is 49.4 Å². The van der Waals surface area contributed by atoms with Gasteiger partial charge >= 0.3 is 0 Å². The van der Waals surface area contributed by atoms with Crippen LogP contribution in [0.1, 0.15) is 43.2 Å². The first kappa shape index (κ1) is 21.1. The normalized spacial score (nSPS) is 20.8. The van der Waals surface area contributed by atoms with Gasteiger partial charge in [0.25, 0.3) is 0 Å². The number of hydrogen-bond acceptors (Lipinski definition) is 2. The van der Waals surface area contributed by atoms with Crippen molar-refractivity contribution < 1.29 is 4.39 Å². The summed E-state index contributed by atoms with van der Waals surface area (Å²) in [6.07, 6.45) is 7.47. The van der Waals surface area contributed by atoms with E-state index in [0.717, 1.165) is 51.4 Å². The molecule has 1 aliphatic carbocycles. The van der Waals surface area contributed by atoms with Crippen LogP contribution in [0.2, 0.25) is 0 Å². The summed E-state index contributed by atoms with van der Waals surface area (Å²) in [4.78, 5) is 7.34. The molecule has 1 aromatic heterocycles. The zero-order valence-corrected chi connectivity index (χ0v) is 18.9. The highest BCUT2D eigenvalue weighted by atomic mass is 127. The third kappa shape index (κ3) is 4.50. The summed E-state index contributed by atoms with van der Waals surface area (Å²) in [5.74, 6) is 1.33. The van der Waals surface area contributed by atoms with Crippen molar-refractivity contribution in [2.45, 2.75) is 37.5 Å².